The zero-order valence-electron chi connectivity index (χ0n) is 9.31. The highest BCUT2D eigenvalue weighted by molar-refractivity contribution is 5.73. The average molecular weight is 198 g/mol. The molecule has 14 heavy (non-hydrogen) atoms. The molecule has 1 saturated heterocycles. The van der Waals surface area contributed by atoms with E-state index >= 15 is 0 Å². The summed E-state index contributed by atoms with van der Waals surface area (Å²) in [5.74, 6) is 0.902. The van der Waals surface area contributed by atoms with Crippen LogP contribution in [-0.2, 0) is 4.79 Å². The summed E-state index contributed by atoms with van der Waals surface area (Å²) < 4.78 is 0. The lowest BCUT2D eigenvalue weighted by Crippen LogP contribution is -2.33. The van der Waals surface area contributed by atoms with Gasteiger partial charge in [-0.05, 0) is 51.6 Å². The van der Waals surface area contributed by atoms with E-state index in [2.05, 4.69) is 17.6 Å². The molecule has 1 aliphatic rings. The van der Waals surface area contributed by atoms with E-state index < -0.39 is 0 Å². The summed E-state index contributed by atoms with van der Waals surface area (Å²) in [4.78, 5) is 10.8. The quantitative estimate of drug-likeness (QED) is 0.714. The molecule has 3 nitrogen and oxygen atoms in total. The van der Waals surface area contributed by atoms with Crippen LogP contribution in [-0.4, -0.2) is 25.0 Å². The number of nitrogens with one attached hydrogen (secondary N) is 2. The van der Waals surface area contributed by atoms with E-state index in [0.29, 0.717) is 6.04 Å². The molecule has 3 heteroatoms. The van der Waals surface area contributed by atoms with Crippen molar-refractivity contribution in [3.05, 3.63) is 0 Å². The molecular weight excluding hydrogens is 176 g/mol. The number of piperidine rings is 1. The first-order chi connectivity index (χ1) is 6.68. The van der Waals surface area contributed by atoms with Gasteiger partial charge in [-0.15, -0.1) is 0 Å². The summed E-state index contributed by atoms with van der Waals surface area (Å²) in [7, 11) is 0. The summed E-state index contributed by atoms with van der Waals surface area (Å²) >= 11 is 0. The Morgan fingerprint density at radius 1 is 1.64 bits per heavy atom. The van der Waals surface area contributed by atoms with E-state index in [4.69, 9.17) is 0 Å². The Morgan fingerprint density at radius 3 is 3.00 bits per heavy atom. The molecule has 0 radical (unpaired) electrons. The summed E-state index contributed by atoms with van der Waals surface area (Å²) in [6.07, 6.45) is 4.99. The molecule has 0 aromatic carbocycles. The number of carbonyl (C=O) groups excluding carboxylic acids is 1. The van der Waals surface area contributed by atoms with Gasteiger partial charge in [0.25, 0.3) is 0 Å². The van der Waals surface area contributed by atoms with Crippen LogP contribution in [0.2, 0.25) is 0 Å². The Labute approximate surface area is 86.6 Å². The van der Waals surface area contributed by atoms with Crippen LogP contribution in [0.15, 0.2) is 0 Å². The Balaban J connectivity index is 2.09. The molecule has 1 aliphatic heterocycles. The molecule has 1 rings (SSSR count). The third-order valence-electron chi connectivity index (χ3n) is 2.86. The van der Waals surface area contributed by atoms with Crippen LogP contribution in [0.5, 0.6) is 0 Å². The minimum Gasteiger partial charge on any atom is -0.354 e. The zero-order valence-corrected chi connectivity index (χ0v) is 9.31. The molecule has 0 aromatic rings. The number of rotatable bonds is 4. The van der Waals surface area contributed by atoms with Crippen LogP contribution in [0.25, 0.3) is 0 Å². The van der Waals surface area contributed by atoms with Crippen molar-refractivity contribution in [3.8, 4) is 0 Å². The van der Waals surface area contributed by atoms with E-state index in [1.807, 2.05) is 0 Å². The second-order valence-corrected chi connectivity index (χ2v) is 4.39. The second-order valence-electron chi connectivity index (χ2n) is 4.39. The van der Waals surface area contributed by atoms with Crippen molar-refractivity contribution in [2.45, 2.75) is 45.6 Å². The molecule has 2 N–H and O–H groups in total. The maximum absolute atomic E-state index is 10.8. The molecule has 1 heterocycles. The third-order valence-corrected chi connectivity index (χ3v) is 2.86. The lowest BCUT2D eigenvalue weighted by Gasteiger charge is -2.24. The first-order valence-electron chi connectivity index (χ1n) is 5.66. The van der Waals surface area contributed by atoms with Crippen LogP contribution in [0.4, 0.5) is 0 Å². The van der Waals surface area contributed by atoms with Gasteiger partial charge in [0, 0.05) is 13.0 Å². The van der Waals surface area contributed by atoms with E-state index in [-0.39, 0.29) is 5.91 Å². The highest BCUT2D eigenvalue weighted by Crippen LogP contribution is 2.16. The number of hydrogen-bond donors (Lipinski definition) is 2. The minimum atomic E-state index is 0.0827. The number of carbonyl (C=O) groups is 1. The molecule has 2 atom stereocenters. The van der Waals surface area contributed by atoms with Crippen LogP contribution in [0.1, 0.15) is 39.5 Å². The molecule has 1 fully saturated rings. The van der Waals surface area contributed by atoms with Crippen molar-refractivity contribution in [1.82, 2.24) is 10.6 Å². The Kier molecular flexibility index (Phi) is 4.94. The van der Waals surface area contributed by atoms with Crippen LogP contribution < -0.4 is 10.6 Å². The van der Waals surface area contributed by atoms with Crippen LogP contribution in [0, 0.1) is 5.92 Å². The molecule has 2 unspecified atom stereocenters. The summed E-state index contributed by atoms with van der Waals surface area (Å²) in [6.45, 7) is 6.00. The molecule has 0 bridgehead atoms. The predicted octanol–water partition coefficient (Wildman–Crippen LogP) is 1.29. The fourth-order valence-corrected chi connectivity index (χ4v) is 2.08. The number of amides is 1. The summed E-state index contributed by atoms with van der Waals surface area (Å²) in [5.41, 5.74) is 0. The van der Waals surface area contributed by atoms with Gasteiger partial charge in [0.2, 0.25) is 5.91 Å². The van der Waals surface area contributed by atoms with Gasteiger partial charge in [-0.1, -0.05) is 0 Å². The first-order valence-corrected chi connectivity index (χ1v) is 5.66. The van der Waals surface area contributed by atoms with Gasteiger partial charge in [-0.3, -0.25) is 4.79 Å². The summed E-state index contributed by atoms with van der Waals surface area (Å²) in [6, 6.07) is 0.328. The van der Waals surface area contributed by atoms with Gasteiger partial charge >= 0.3 is 0 Å². The van der Waals surface area contributed by atoms with E-state index in [0.717, 1.165) is 18.9 Å². The van der Waals surface area contributed by atoms with Gasteiger partial charge in [0.05, 0.1) is 0 Å². The normalized spacial score (nSPS) is 24.3. The highest BCUT2D eigenvalue weighted by Gasteiger charge is 2.14. The maximum Gasteiger partial charge on any atom is 0.217 e. The zero-order chi connectivity index (χ0) is 10.4. The third kappa shape index (κ3) is 4.61. The fraction of sp³-hybridized carbons (Fsp3) is 0.909. The monoisotopic (exact) mass is 198 g/mol. The van der Waals surface area contributed by atoms with Crippen molar-refractivity contribution in [1.29, 1.82) is 0 Å². The molecule has 1 amide bonds. The highest BCUT2D eigenvalue weighted by atomic mass is 16.1. The van der Waals surface area contributed by atoms with Crippen molar-refractivity contribution in [2.75, 3.05) is 13.1 Å². The predicted molar refractivity (Wildman–Crippen MR) is 58.1 cm³/mol. The first kappa shape index (κ1) is 11.5. The Morgan fingerprint density at radius 2 is 2.43 bits per heavy atom. The van der Waals surface area contributed by atoms with E-state index in [1.165, 1.54) is 25.8 Å². The van der Waals surface area contributed by atoms with Crippen LogP contribution >= 0.6 is 0 Å². The van der Waals surface area contributed by atoms with Gasteiger partial charge < -0.3 is 10.6 Å². The lowest BCUT2D eigenvalue weighted by molar-refractivity contribution is -0.119. The topological polar surface area (TPSA) is 41.1 Å². The van der Waals surface area contributed by atoms with Crippen molar-refractivity contribution in [3.63, 3.8) is 0 Å². The fourth-order valence-electron chi connectivity index (χ4n) is 2.08. The largest absolute Gasteiger partial charge is 0.354 e. The van der Waals surface area contributed by atoms with Crippen LogP contribution in [0.3, 0.4) is 0 Å². The van der Waals surface area contributed by atoms with E-state index in [9.17, 15) is 4.79 Å². The molecule has 0 spiro atoms. The maximum atomic E-state index is 10.8. The second kappa shape index (κ2) is 6.02. The smallest absolute Gasteiger partial charge is 0.217 e. The molecule has 82 valence electrons. The SMILES string of the molecule is CC(=O)NC(C)CCC1CCCNC1. The number of hydrogen-bond acceptors (Lipinski definition) is 2. The van der Waals surface area contributed by atoms with Gasteiger partial charge in [-0.2, -0.15) is 0 Å². The van der Waals surface area contributed by atoms with Gasteiger partial charge in [0.1, 0.15) is 0 Å². The van der Waals surface area contributed by atoms with Gasteiger partial charge in [-0.25, -0.2) is 0 Å². The Bertz CT molecular complexity index is 176. The molecule has 0 aliphatic carbocycles. The standard InChI is InChI=1S/C11H22N2O/c1-9(13-10(2)14)5-6-11-4-3-7-12-8-11/h9,11-12H,3-8H2,1-2H3,(H,13,14). The minimum absolute atomic E-state index is 0.0827. The summed E-state index contributed by atoms with van der Waals surface area (Å²) in [5, 5.41) is 6.33. The molecule has 0 aromatic heterocycles. The van der Waals surface area contributed by atoms with Crippen molar-refractivity contribution in [2.24, 2.45) is 5.92 Å². The average Bonchev–Trinajstić information content (AvgIpc) is 2.15. The molecule has 0 saturated carbocycles. The molecular formula is C11H22N2O. The van der Waals surface area contributed by atoms with Gasteiger partial charge in [0.15, 0.2) is 0 Å². The lowest BCUT2D eigenvalue weighted by atomic mass is 9.93. The van der Waals surface area contributed by atoms with E-state index in [1.54, 1.807) is 6.92 Å². The van der Waals surface area contributed by atoms with Crippen molar-refractivity contribution >= 4 is 5.91 Å². The van der Waals surface area contributed by atoms with Crippen molar-refractivity contribution < 1.29 is 4.79 Å². The Hall–Kier alpha value is -0.570.